The van der Waals surface area contributed by atoms with Gasteiger partial charge in [0.2, 0.25) is 10.0 Å². The van der Waals surface area contributed by atoms with E-state index in [1.54, 1.807) is 6.92 Å². The van der Waals surface area contributed by atoms with Gasteiger partial charge in [-0.25, -0.2) is 12.7 Å². The lowest BCUT2D eigenvalue weighted by atomic mass is 10.2. The standard InChI is InChI=1S/C7H14ClNO2S/c1-2-12(10,11)9-5-3-7(8)4-6-9/h7H,2-6H2,1H3. The molecular weight excluding hydrogens is 198 g/mol. The first-order valence-electron chi connectivity index (χ1n) is 4.18. The maximum atomic E-state index is 11.3. The summed E-state index contributed by atoms with van der Waals surface area (Å²) >= 11 is 5.85. The van der Waals surface area contributed by atoms with Crippen molar-refractivity contribution in [1.29, 1.82) is 0 Å². The molecule has 12 heavy (non-hydrogen) atoms. The molecule has 0 atom stereocenters. The molecule has 0 spiro atoms. The van der Waals surface area contributed by atoms with Crippen molar-refractivity contribution in [1.82, 2.24) is 4.31 Å². The fourth-order valence-corrected chi connectivity index (χ4v) is 2.61. The number of sulfonamides is 1. The zero-order chi connectivity index (χ0) is 9.19. The van der Waals surface area contributed by atoms with Crippen molar-refractivity contribution in [3.63, 3.8) is 0 Å². The van der Waals surface area contributed by atoms with Gasteiger partial charge in [0.15, 0.2) is 0 Å². The lowest BCUT2D eigenvalue weighted by molar-refractivity contribution is 0.351. The number of piperidine rings is 1. The second-order valence-corrected chi connectivity index (χ2v) is 5.85. The van der Waals surface area contributed by atoms with Crippen LogP contribution < -0.4 is 0 Å². The third kappa shape index (κ3) is 2.34. The molecule has 0 radical (unpaired) electrons. The molecule has 72 valence electrons. The van der Waals surface area contributed by atoms with Crippen molar-refractivity contribution in [2.75, 3.05) is 18.8 Å². The zero-order valence-electron chi connectivity index (χ0n) is 7.16. The van der Waals surface area contributed by atoms with Gasteiger partial charge in [-0.15, -0.1) is 11.6 Å². The summed E-state index contributed by atoms with van der Waals surface area (Å²) in [6.45, 7) is 2.84. The molecule has 0 N–H and O–H groups in total. The van der Waals surface area contributed by atoms with Gasteiger partial charge in [0.05, 0.1) is 5.75 Å². The van der Waals surface area contributed by atoms with Crippen molar-refractivity contribution in [2.24, 2.45) is 0 Å². The Balaban J connectivity index is 2.56. The molecule has 3 nitrogen and oxygen atoms in total. The Bertz CT molecular complexity index is 232. The van der Waals surface area contributed by atoms with E-state index in [4.69, 9.17) is 11.6 Å². The van der Waals surface area contributed by atoms with E-state index in [0.29, 0.717) is 13.1 Å². The van der Waals surface area contributed by atoms with Crippen LogP contribution in [-0.4, -0.2) is 36.9 Å². The Morgan fingerprint density at radius 2 is 1.92 bits per heavy atom. The van der Waals surface area contributed by atoms with Crippen LogP contribution in [0.15, 0.2) is 0 Å². The minimum absolute atomic E-state index is 0.160. The molecule has 0 bridgehead atoms. The maximum Gasteiger partial charge on any atom is 0.213 e. The molecule has 0 amide bonds. The molecule has 1 fully saturated rings. The average Bonchev–Trinajstić information content (AvgIpc) is 2.05. The molecule has 1 rings (SSSR count). The first-order valence-corrected chi connectivity index (χ1v) is 6.22. The van der Waals surface area contributed by atoms with Gasteiger partial charge in [0, 0.05) is 18.5 Å². The van der Waals surface area contributed by atoms with E-state index in [9.17, 15) is 8.42 Å². The van der Waals surface area contributed by atoms with Crippen LogP contribution in [-0.2, 0) is 10.0 Å². The normalized spacial score (nSPS) is 22.8. The Morgan fingerprint density at radius 3 is 2.33 bits per heavy atom. The van der Waals surface area contributed by atoms with Crippen molar-refractivity contribution in [3.8, 4) is 0 Å². The molecule has 0 unspecified atom stereocenters. The summed E-state index contributed by atoms with van der Waals surface area (Å²) in [6.07, 6.45) is 1.56. The van der Waals surface area contributed by atoms with E-state index >= 15 is 0 Å². The zero-order valence-corrected chi connectivity index (χ0v) is 8.74. The van der Waals surface area contributed by atoms with Crippen LogP contribution in [0.4, 0.5) is 0 Å². The van der Waals surface area contributed by atoms with Crippen molar-refractivity contribution >= 4 is 21.6 Å². The highest BCUT2D eigenvalue weighted by molar-refractivity contribution is 7.89. The van der Waals surface area contributed by atoms with Gasteiger partial charge < -0.3 is 0 Å². The van der Waals surface area contributed by atoms with Crippen molar-refractivity contribution in [2.45, 2.75) is 25.1 Å². The second-order valence-electron chi connectivity index (χ2n) is 2.97. The van der Waals surface area contributed by atoms with E-state index in [0.717, 1.165) is 12.8 Å². The Morgan fingerprint density at radius 1 is 1.42 bits per heavy atom. The molecular formula is C7H14ClNO2S. The predicted octanol–water partition coefficient (Wildman–Crippen LogP) is 1.04. The first kappa shape index (κ1) is 10.3. The summed E-state index contributed by atoms with van der Waals surface area (Å²) in [4.78, 5) is 0. The van der Waals surface area contributed by atoms with Crippen LogP contribution >= 0.6 is 11.6 Å². The first-order chi connectivity index (χ1) is 5.56. The van der Waals surface area contributed by atoms with Crippen LogP contribution in [0.3, 0.4) is 0 Å². The molecule has 0 aromatic carbocycles. The third-order valence-electron chi connectivity index (χ3n) is 2.14. The molecule has 1 aliphatic rings. The van der Waals surface area contributed by atoms with Gasteiger partial charge in [-0.1, -0.05) is 0 Å². The van der Waals surface area contributed by atoms with Crippen LogP contribution in [0, 0.1) is 0 Å². The summed E-state index contributed by atoms with van der Waals surface area (Å²) < 4.78 is 24.2. The molecule has 1 heterocycles. The van der Waals surface area contributed by atoms with Crippen LogP contribution in [0.1, 0.15) is 19.8 Å². The highest BCUT2D eigenvalue weighted by atomic mass is 35.5. The third-order valence-corrected chi connectivity index (χ3v) is 4.46. The molecule has 0 saturated carbocycles. The monoisotopic (exact) mass is 211 g/mol. The van der Waals surface area contributed by atoms with Gasteiger partial charge in [-0.05, 0) is 19.8 Å². The highest BCUT2D eigenvalue weighted by Crippen LogP contribution is 2.18. The van der Waals surface area contributed by atoms with Gasteiger partial charge in [0.25, 0.3) is 0 Å². The van der Waals surface area contributed by atoms with Gasteiger partial charge >= 0.3 is 0 Å². The highest BCUT2D eigenvalue weighted by Gasteiger charge is 2.25. The van der Waals surface area contributed by atoms with E-state index in [2.05, 4.69) is 0 Å². The quantitative estimate of drug-likeness (QED) is 0.641. The lowest BCUT2D eigenvalue weighted by Gasteiger charge is -2.27. The lowest BCUT2D eigenvalue weighted by Crippen LogP contribution is -2.39. The van der Waals surface area contributed by atoms with E-state index < -0.39 is 10.0 Å². The topological polar surface area (TPSA) is 37.4 Å². The van der Waals surface area contributed by atoms with Crippen LogP contribution in [0.5, 0.6) is 0 Å². The fraction of sp³-hybridized carbons (Fsp3) is 1.00. The summed E-state index contributed by atoms with van der Waals surface area (Å²) in [5.74, 6) is 0.194. The van der Waals surface area contributed by atoms with Gasteiger partial charge in [-0.2, -0.15) is 0 Å². The summed E-state index contributed by atoms with van der Waals surface area (Å²) in [5.41, 5.74) is 0. The summed E-state index contributed by atoms with van der Waals surface area (Å²) in [5, 5.41) is 0.160. The van der Waals surface area contributed by atoms with Gasteiger partial charge in [-0.3, -0.25) is 0 Å². The van der Waals surface area contributed by atoms with E-state index in [1.165, 1.54) is 4.31 Å². The molecule has 5 heteroatoms. The van der Waals surface area contributed by atoms with Crippen LogP contribution in [0.25, 0.3) is 0 Å². The number of hydrogen-bond acceptors (Lipinski definition) is 2. The number of halogens is 1. The molecule has 1 aliphatic heterocycles. The van der Waals surface area contributed by atoms with Crippen LogP contribution in [0.2, 0.25) is 0 Å². The molecule has 0 aromatic rings. The Hall–Kier alpha value is 0.200. The minimum atomic E-state index is -2.97. The minimum Gasteiger partial charge on any atom is -0.212 e. The van der Waals surface area contributed by atoms with E-state index in [1.807, 2.05) is 0 Å². The number of hydrogen-bond donors (Lipinski definition) is 0. The Labute approximate surface area is 78.7 Å². The second kappa shape index (κ2) is 3.94. The molecule has 1 saturated heterocycles. The number of nitrogens with zero attached hydrogens (tertiary/aromatic N) is 1. The largest absolute Gasteiger partial charge is 0.213 e. The van der Waals surface area contributed by atoms with Crippen molar-refractivity contribution < 1.29 is 8.42 Å². The molecule has 0 aliphatic carbocycles. The van der Waals surface area contributed by atoms with Gasteiger partial charge in [0.1, 0.15) is 0 Å². The summed E-state index contributed by atoms with van der Waals surface area (Å²) in [6, 6.07) is 0. The van der Waals surface area contributed by atoms with E-state index in [-0.39, 0.29) is 11.1 Å². The fourth-order valence-electron chi connectivity index (χ4n) is 1.29. The number of rotatable bonds is 2. The number of alkyl halides is 1. The SMILES string of the molecule is CCS(=O)(=O)N1CCC(Cl)CC1. The summed E-state index contributed by atoms with van der Waals surface area (Å²) in [7, 11) is -2.97. The Kier molecular flexibility index (Phi) is 3.37. The average molecular weight is 212 g/mol. The smallest absolute Gasteiger partial charge is 0.212 e. The predicted molar refractivity (Wildman–Crippen MR) is 49.9 cm³/mol. The molecule has 0 aromatic heterocycles. The maximum absolute atomic E-state index is 11.3. The van der Waals surface area contributed by atoms with Crippen molar-refractivity contribution in [3.05, 3.63) is 0 Å².